The van der Waals surface area contributed by atoms with Crippen LogP contribution in [0, 0.1) is 0 Å². The van der Waals surface area contributed by atoms with Crippen molar-refractivity contribution in [2.45, 2.75) is 32.9 Å². The molecule has 0 atom stereocenters. The number of nitrogens with zero attached hydrogens (tertiary/aromatic N) is 2. The number of aryl methyl sites for hydroxylation is 1. The number of rotatable bonds is 5. The molecule has 2 N–H and O–H groups in total. The lowest BCUT2D eigenvalue weighted by Gasteiger charge is -2.20. The number of hydrogen-bond donors (Lipinski definition) is 2. The van der Waals surface area contributed by atoms with Crippen molar-refractivity contribution in [2.24, 2.45) is 7.05 Å². The molecule has 0 fully saturated rings. The molecule has 0 bridgehead atoms. The topological polar surface area (TPSA) is 41.9 Å². The third kappa shape index (κ3) is 4.95. The van der Waals surface area contributed by atoms with Gasteiger partial charge in [-0.05, 0) is 20.8 Å². The molecule has 1 aromatic heterocycles. The van der Waals surface area contributed by atoms with E-state index in [4.69, 9.17) is 0 Å². The first-order valence-electron chi connectivity index (χ1n) is 5.41. The highest BCUT2D eigenvalue weighted by Gasteiger charge is 2.06. The van der Waals surface area contributed by atoms with Crippen molar-refractivity contribution < 1.29 is 0 Å². The highest BCUT2D eigenvalue weighted by atomic mass is 15.1. The number of aromatic nitrogens is 2. The van der Waals surface area contributed by atoms with Gasteiger partial charge in [0.05, 0.1) is 6.54 Å². The Morgan fingerprint density at radius 3 is 2.60 bits per heavy atom. The fourth-order valence-corrected chi connectivity index (χ4v) is 1.29. The van der Waals surface area contributed by atoms with Gasteiger partial charge in [-0.1, -0.05) is 0 Å². The summed E-state index contributed by atoms with van der Waals surface area (Å²) in [5.74, 6) is 1.07. The number of hydrogen-bond acceptors (Lipinski definition) is 3. The van der Waals surface area contributed by atoms with Gasteiger partial charge in [-0.2, -0.15) is 0 Å². The first-order chi connectivity index (χ1) is 6.99. The van der Waals surface area contributed by atoms with E-state index in [1.165, 1.54) is 0 Å². The van der Waals surface area contributed by atoms with Gasteiger partial charge < -0.3 is 15.2 Å². The van der Waals surface area contributed by atoms with Crippen LogP contribution < -0.4 is 10.6 Å². The summed E-state index contributed by atoms with van der Waals surface area (Å²) < 4.78 is 2.03. The molecular formula is C11H22N4. The SMILES string of the molecule is Cn1ccnc1CNCCNC(C)(C)C. The van der Waals surface area contributed by atoms with E-state index in [0.717, 1.165) is 25.5 Å². The predicted octanol–water partition coefficient (Wildman–Crippen LogP) is 0.898. The Bertz CT molecular complexity index is 285. The van der Waals surface area contributed by atoms with Crippen molar-refractivity contribution in [1.29, 1.82) is 0 Å². The van der Waals surface area contributed by atoms with E-state index in [9.17, 15) is 0 Å². The smallest absolute Gasteiger partial charge is 0.122 e. The molecule has 4 nitrogen and oxygen atoms in total. The molecule has 1 heterocycles. The van der Waals surface area contributed by atoms with Gasteiger partial charge in [0, 0.05) is 38.1 Å². The van der Waals surface area contributed by atoms with Gasteiger partial charge in [-0.3, -0.25) is 0 Å². The summed E-state index contributed by atoms with van der Waals surface area (Å²) in [7, 11) is 2.01. The van der Waals surface area contributed by atoms with Crippen LogP contribution in [0.5, 0.6) is 0 Å². The Kier molecular flexibility index (Phi) is 4.29. The molecule has 4 heteroatoms. The highest BCUT2D eigenvalue weighted by Crippen LogP contribution is 1.96. The van der Waals surface area contributed by atoms with Gasteiger partial charge in [0.25, 0.3) is 0 Å². The Labute approximate surface area is 92.1 Å². The van der Waals surface area contributed by atoms with Crippen LogP contribution >= 0.6 is 0 Å². The number of imidazole rings is 1. The lowest BCUT2D eigenvalue weighted by atomic mass is 10.1. The maximum Gasteiger partial charge on any atom is 0.122 e. The van der Waals surface area contributed by atoms with E-state index < -0.39 is 0 Å². The molecule has 0 aromatic carbocycles. The second-order valence-corrected chi connectivity index (χ2v) is 4.81. The Morgan fingerprint density at radius 2 is 2.07 bits per heavy atom. The Balaban J connectivity index is 2.10. The molecule has 0 amide bonds. The van der Waals surface area contributed by atoms with Gasteiger partial charge in [0.1, 0.15) is 5.82 Å². The molecule has 0 spiro atoms. The van der Waals surface area contributed by atoms with E-state index in [2.05, 4.69) is 36.4 Å². The monoisotopic (exact) mass is 210 g/mol. The summed E-state index contributed by atoms with van der Waals surface area (Å²) in [5, 5.41) is 6.78. The summed E-state index contributed by atoms with van der Waals surface area (Å²) in [6.07, 6.45) is 3.79. The zero-order valence-electron chi connectivity index (χ0n) is 10.2. The van der Waals surface area contributed by atoms with Gasteiger partial charge >= 0.3 is 0 Å². The molecule has 1 aromatic rings. The zero-order valence-corrected chi connectivity index (χ0v) is 10.2. The van der Waals surface area contributed by atoms with Crippen molar-refractivity contribution in [1.82, 2.24) is 20.2 Å². The summed E-state index contributed by atoms with van der Waals surface area (Å²) in [5.41, 5.74) is 0.199. The van der Waals surface area contributed by atoms with Gasteiger partial charge in [-0.15, -0.1) is 0 Å². The van der Waals surface area contributed by atoms with Crippen LogP contribution in [0.25, 0.3) is 0 Å². The molecule has 0 aliphatic carbocycles. The lowest BCUT2D eigenvalue weighted by Crippen LogP contribution is -2.40. The van der Waals surface area contributed by atoms with Crippen LogP contribution in [0.15, 0.2) is 12.4 Å². The second-order valence-electron chi connectivity index (χ2n) is 4.81. The minimum atomic E-state index is 0.199. The molecule has 0 aliphatic rings. The van der Waals surface area contributed by atoms with Crippen molar-refractivity contribution in [2.75, 3.05) is 13.1 Å². The molecule has 0 saturated heterocycles. The predicted molar refractivity (Wildman–Crippen MR) is 62.7 cm³/mol. The molecular weight excluding hydrogens is 188 g/mol. The van der Waals surface area contributed by atoms with Crippen LogP contribution in [0.4, 0.5) is 0 Å². The lowest BCUT2D eigenvalue weighted by molar-refractivity contribution is 0.420. The molecule has 0 radical (unpaired) electrons. The van der Waals surface area contributed by atoms with Crippen molar-refractivity contribution in [3.8, 4) is 0 Å². The summed E-state index contributed by atoms with van der Waals surface area (Å²) >= 11 is 0. The van der Waals surface area contributed by atoms with Crippen molar-refractivity contribution in [3.63, 3.8) is 0 Å². The minimum Gasteiger partial charge on any atom is -0.337 e. The fraction of sp³-hybridized carbons (Fsp3) is 0.727. The molecule has 86 valence electrons. The quantitative estimate of drug-likeness (QED) is 0.710. The molecule has 1 rings (SSSR count). The third-order valence-corrected chi connectivity index (χ3v) is 2.16. The largest absolute Gasteiger partial charge is 0.337 e. The summed E-state index contributed by atoms with van der Waals surface area (Å²) in [4.78, 5) is 4.24. The Morgan fingerprint density at radius 1 is 1.33 bits per heavy atom. The highest BCUT2D eigenvalue weighted by molar-refractivity contribution is 4.90. The minimum absolute atomic E-state index is 0.199. The maximum absolute atomic E-state index is 4.24. The van der Waals surface area contributed by atoms with Crippen molar-refractivity contribution in [3.05, 3.63) is 18.2 Å². The van der Waals surface area contributed by atoms with Crippen LogP contribution in [-0.4, -0.2) is 28.2 Å². The molecule has 0 unspecified atom stereocenters. The average molecular weight is 210 g/mol. The van der Waals surface area contributed by atoms with E-state index >= 15 is 0 Å². The second kappa shape index (κ2) is 5.28. The van der Waals surface area contributed by atoms with Crippen LogP contribution in [0.3, 0.4) is 0 Å². The average Bonchev–Trinajstić information content (AvgIpc) is 2.49. The van der Waals surface area contributed by atoms with Crippen LogP contribution in [0.1, 0.15) is 26.6 Å². The number of nitrogens with one attached hydrogen (secondary N) is 2. The third-order valence-electron chi connectivity index (χ3n) is 2.16. The van der Waals surface area contributed by atoms with Crippen LogP contribution in [-0.2, 0) is 13.6 Å². The summed E-state index contributed by atoms with van der Waals surface area (Å²) in [6.45, 7) is 9.29. The van der Waals surface area contributed by atoms with Gasteiger partial charge in [0.2, 0.25) is 0 Å². The van der Waals surface area contributed by atoms with Crippen LogP contribution in [0.2, 0.25) is 0 Å². The Hall–Kier alpha value is -0.870. The van der Waals surface area contributed by atoms with Gasteiger partial charge in [0.15, 0.2) is 0 Å². The first kappa shape index (κ1) is 12.2. The first-order valence-corrected chi connectivity index (χ1v) is 5.41. The summed E-state index contributed by atoms with van der Waals surface area (Å²) in [6, 6.07) is 0. The zero-order chi connectivity index (χ0) is 11.3. The maximum atomic E-state index is 4.24. The fourth-order valence-electron chi connectivity index (χ4n) is 1.29. The van der Waals surface area contributed by atoms with Crippen molar-refractivity contribution >= 4 is 0 Å². The standard InChI is InChI=1S/C11H22N4/c1-11(2,3)14-6-5-12-9-10-13-7-8-15(10)4/h7-8,12,14H,5-6,9H2,1-4H3. The van der Waals surface area contributed by atoms with E-state index in [1.807, 2.05) is 24.0 Å². The molecule has 0 saturated carbocycles. The van der Waals surface area contributed by atoms with E-state index in [-0.39, 0.29) is 5.54 Å². The molecule has 0 aliphatic heterocycles. The van der Waals surface area contributed by atoms with E-state index in [0.29, 0.717) is 0 Å². The van der Waals surface area contributed by atoms with Gasteiger partial charge in [-0.25, -0.2) is 4.98 Å². The normalized spacial score (nSPS) is 12.0. The molecule has 15 heavy (non-hydrogen) atoms. The van der Waals surface area contributed by atoms with E-state index in [1.54, 1.807) is 0 Å².